The first-order chi connectivity index (χ1) is 18.1. The molecule has 5 atom stereocenters. The molecule has 0 radical (unpaired) electrons. The third-order valence-electron chi connectivity index (χ3n) is 9.39. The van der Waals surface area contributed by atoms with Crippen LogP contribution in [0.1, 0.15) is 114 Å². The Morgan fingerprint density at radius 2 is 1.52 bits per heavy atom. The van der Waals surface area contributed by atoms with Gasteiger partial charge in [-0.15, -0.1) is 0 Å². The zero-order chi connectivity index (χ0) is 30.4. The molecule has 1 saturated heterocycles. The number of likely N-dealkylation sites (tertiary alicyclic amines) is 1. The van der Waals surface area contributed by atoms with Crippen molar-refractivity contribution in [3.05, 3.63) is 0 Å². The summed E-state index contributed by atoms with van der Waals surface area (Å²) in [4.78, 5) is 67.3. The minimum Gasteiger partial charge on any atom is -0.460 e. The first-order valence-electron chi connectivity index (χ1n) is 15.0. The highest BCUT2D eigenvalue weighted by atomic mass is 16.6. The van der Waals surface area contributed by atoms with Crippen molar-refractivity contribution in [1.82, 2.24) is 4.90 Å². The number of carbonyl (C=O) groups excluding carboxylic acids is 5. The van der Waals surface area contributed by atoms with E-state index in [1.165, 1.54) is 0 Å². The third-order valence-corrected chi connectivity index (χ3v) is 9.39. The molecule has 1 aliphatic heterocycles. The van der Waals surface area contributed by atoms with E-state index in [4.69, 9.17) is 10.5 Å². The molecule has 2 unspecified atom stereocenters. The number of esters is 1. The van der Waals surface area contributed by atoms with E-state index in [1.54, 1.807) is 25.7 Å². The average molecular weight is 561 g/mol. The minimum absolute atomic E-state index is 0.0291. The molecule has 0 aromatic heterocycles. The molecular weight excluding hydrogens is 508 g/mol. The fourth-order valence-electron chi connectivity index (χ4n) is 7.01. The van der Waals surface area contributed by atoms with Crippen LogP contribution in [0.2, 0.25) is 0 Å². The van der Waals surface area contributed by atoms with Gasteiger partial charge in [-0.3, -0.25) is 24.0 Å². The molecule has 2 saturated carbocycles. The number of nitrogens with zero attached hydrogens (tertiary/aromatic N) is 1. The largest absolute Gasteiger partial charge is 0.460 e. The van der Waals surface area contributed by atoms with Crippen molar-refractivity contribution < 1.29 is 28.7 Å². The fourth-order valence-corrected chi connectivity index (χ4v) is 7.01. The van der Waals surface area contributed by atoms with Gasteiger partial charge >= 0.3 is 5.97 Å². The molecular formula is C32H52N2O6. The Hall–Kier alpha value is -2.25. The van der Waals surface area contributed by atoms with Gasteiger partial charge in [-0.25, -0.2) is 0 Å². The molecule has 0 aromatic carbocycles. The lowest BCUT2D eigenvalue weighted by Crippen LogP contribution is -2.48. The summed E-state index contributed by atoms with van der Waals surface area (Å²) in [5, 5.41) is 0. The Kier molecular flexibility index (Phi) is 9.04. The summed E-state index contributed by atoms with van der Waals surface area (Å²) in [5.41, 5.74) is 4.03. The molecule has 40 heavy (non-hydrogen) atoms. The maximum absolute atomic E-state index is 14.3. The summed E-state index contributed by atoms with van der Waals surface area (Å²) in [7, 11) is 0. The van der Waals surface area contributed by atoms with Gasteiger partial charge in [0.1, 0.15) is 5.60 Å². The number of nitrogens with two attached hydrogens (primary N) is 1. The molecule has 2 N–H and O–H groups in total. The molecule has 3 rings (SSSR count). The van der Waals surface area contributed by atoms with Gasteiger partial charge in [-0.05, 0) is 68.1 Å². The summed E-state index contributed by atoms with van der Waals surface area (Å²) < 4.78 is 5.56. The quantitative estimate of drug-likeness (QED) is 0.301. The van der Waals surface area contributed by atoms with E-state index in [-0.39, 0.29) is 35.4 Å². The van der Waals surface area contributed by atoms with E-state index in [1.807, 2.05) is 20.8 Å². The number of rotatable bonds is 10. The number of carbonyl (C=O) groups is 5. The van der Waals surface area contributed by atoms with Crippen molar-refractivity contribution in [2.45, 2.75) is 125 Å². The SMILES string of the molecule is CC(C)(C)OC(=O)C[C@H](C(=O)N1C[C@@]2(CC2C(C)(C)C)C[C@H]1C(=O)CC(CC1CCC1)C(=O)C(N)=O)C(C)(C)C. The van der Waals surface area contributed by atoms with Gasteiger partial charge in [0, 0.05) is 18.9 Å². The van der Waals surface area contributed by atoms with E-state index in [0.29, 0.717) is 31.2 Å². The van der Waals surface area contributed by atoms with E-state index in [0.717, 1.165) is 25.7 Å². The number of primary amides is 1. The number of Topliss-reactive ketones (excluding diaryl/α,β-unsaturated/α-hetero) is 2. The van der Waals surface area contributed by atoms with Crippen LogP contribution in [-0.2, 0) is 28.7 Å². The lowest BCUT2D eigenvalue weighted by Gasteiger charge is -2.35. The first-order valence-corrected chi connectivity index (χ1v) is 15.0. The number of amides is 2. The maximum Gasteiger partial charge on any atom is 0.307 e. The van der Waals surface area contributed by atoms with Crippen LogP contribution in [0, 0.1) is 39.9 Å². The van der Waals surface area contributed by atoms with Crippen LogP contribution in [0.3, 0.4) is 0 Å². The van der Waals surface area contributed by atoms with Crippen LogP contribution in [0.25, 0.3) is 0 Å². The van der Waals surface area contributed by atoms with Crippen molar-refractivity contribution >= 4 is 29.4 Å². The molecule has 3 aliphatic rings. The lowest BCUT2D eigenvalue weighted by molar-refractivity contribution is -0.161. The molecule has 0 bridgehead atoms. The minimum atomic E-state index is -1.01. The van der Waals surface area contributed by atoms with Gasteiger partial charge < -0.3 is 15.4 Å². The monoisotopic (exact) mass is 560 g/mol. The van der Waals surface area contributed by atoms with Gasteiger partial charge in [0.05, 0.1) is 18.4 Å². The number of hydrogen-bond acceptors (Lipinski definition) is 6. The average Bonchev–Trinajstić information content (AvgIpc) is 3.33. The molecule has 3 fully saturated rings. The highest BCUT2D eigenvalue weighted by Gasteiger charge is 2.65. The Morgan fingerprint density at radius 3 is 1.95 bits per heavy atom. The number of ether oxygens (including phenoxy) is 1. The van der Waals surface area contributed by atoms with Crippen molar-refractivity contribution in [2.24, 2.45) is 45.7 Å². The Balaban J connectivity index is 1.89. The molecule has 8 heteroatoms. The van der Waals surface area contributed by atoms with Crippen molar-refractivity contribution in [1.29, 1.82) is 0 Å². The summed E-state index contributed by atoms with van der Waals surface area (Å²) >= 11 is 0. The smallest absolute Gasteiger partial charge is 0.307 e. The van der Waals surface area contributed by atoms with Crippen LogP contribution >= 0.6 is 0 Å². The van der Waals surface area contributed by atoms with E-state index >= 15 is 0 Å². The second-order valence-corrected chi connectivity index (χ2v) is 16.0. The highest BCUT2D eigenvalue weighted by Crippen LogP contribution is 2.66. The molecule has 1 spiro atoms. The molecule has 1 heterocycles. The molecule has 2 aliphatic carbocycles. The van der Waals surface area contributed by atoms with Gasteiger partial charge in [0.15, 0.2) is 5.78 Å². The van der Waals surface area contributed by atoms with Crippen LogP contribution in [0.5, 0.6) is 0 Å². The Labute approximate surface area is 240 Å². The number of hydrogen-bond donors (Lipinski definition) is 1. The van der Waals surface area contributed by atoms with Gasteiger partial charge in [-0.2, -0.15) is 0 Å². The number of ketones is 2. The summed E-state index contributed by atoms with van der Waals surface area (Å²) in [6.07, 6.45) is 4.85. The normalized spacial score (nSPS) is 26.7. The zero-order valence-electron chi connectivity index (χ0n) is 26.2. The topological polar surface area (TPSA) is 124 Å². The Bertz CT molecular complexity index is 1030. The standard InChI is InChI=1S/C32H52N2O6/c1-29(2,3)21(15-25(36)40-31(7,8)9)28(39)34-18-32(17-24(32)30(4,5)6)16-22(34)23(35)14-20(26(37)27(33)38)13-19-11-10-12-19/h19-22,24H,10-18H2,1-9H3,(H2,33,38)/t20?,21-,22+,24?,32+/m1/s1. The predicted molar refractivity (Wildman–Crippen MR) is 153 cm³/mol. The van der Waals surface area contributed by atoms with Crippen LogP contribution < -0.4 is 5.73 Å². The molecule has 2 amide bonds. The zero-order valence-corrected chi connectivity index (χ0v) is 26.2. The maximum atomic E-state index is 14.3. The van der Waals surface area contributed by atoms with Gasteiger partial charge in [0.2, 0.25) is 11.7 Å². The third kappa shape index (κ3) is 7.52. The van der Waals surface area contributed by atoms with Crippen LogP contribution in [-0.4, -0.2) is 52.4 Å². The molecule has 226 valence electrons. The summed E-state index contributed by atoms with van der Waals surface area (Å²) in [6.45, 7) is 18.2. The van der Waals surface area contributed by atoms with E-state index < -0.39 is 46.6 Å². The van der Waals surface area contributed by atoms with Crippen LogP contribution in [0.15, 0.2) is 0 Å². The van der Waals surface area contributed by atoms with Gasteiger partial charge in [-0.1, -0.05) is 60.8 Å². The van der Waals surface area contributed by atoms with Gasteiger partial charge in [0.25, 0.3) is 5.91 Å². The van der Waals surface area contributed by atoms with E-state index in [9.17, 15) is 24.0 Å². The molecule has 8 nitrogen and oxygen atoms in total. The van der Waals surface area contributed by atoms with Crippen molar-refractivity contribution in [3.8, 4) is 0 Å². The van der Waals surface area contributed by atoms with E-state index in [2.05, 4.69) is 20.8 Å². The van der Waals surface area contributed by atoms with Crippen molar-refractivity contribution in [3.63, 3.8) is 0 Å². The molecule has 0 aromatic rings. The fraction of sp³-hybridized carbons (Fsp3) is 0.844. The summed E-state index contributed by atoms with van der Waals surface area (Å²) in [5.74, 6) is -3.27. The highest BCUT2D eigenvalue weighted by molar-refractivity contribution is 6.36. The lowest BCUT2D eigenvalue weighted by atomic mass is 9.75. The summed E-state index contributed by atoms with van der Waals surface area (Å²) in [6, 6.07) is -0.687. The second kappa shape index (κ2) is 11.2. The first kappa shape index (κ1) is 32.3. The Morgan fingerprint density at radius 1 is 0.925 bits per heavy atom. The van der Waals surface area contributed by atoms with Crippen molar-refractivity contribution in [2.75, 3.05) is 6.54 Å². The van der Waals surface area contributed by atoms with Crippen LogP contribution in [0.4, 0.5) is 0 Å². The predicted octanol–water partition coefficient (Wildman–Crippen LogP) is 4.85. The second-order valence-electron chi connectivity index (χ2n) is 16.0.